The number of morpholine rings is 1. The molecule has 2 aliphatic heterocycles. The van der Waals surface area contributed by atoms with Crippen molar-refractivity contribution >= 4 is 44.6 Å². The van der Waals surface area contributed by atoms with E-state index in [0.717, 1.165) is 48.8 Å². The van der Waals surface area contributed by atoms with Crippen LogP contribution in [-0.2, 0) is 4.74 Å². The van der Waals surface area contributed by atoms with Crippen molar-refractivity contribution in [3.8, 4) is 0 Å². The minimum atomic E-state index is -0.123. The number of para-hydroxylation sites is 1. The average molecular weight is 464 g/mol. The van der Waals surface area contributed by atoms with Gasteiger partial charge in [-0.05, 0) is 36.4 Å². The largest absolute Gasteiger partial charge is 0.510 e. The zero-order valence-electron chi connectivity index (χ0n) is 18.1. The minimum Gasteiger partial charge on any atom is -0.510 e. The Morgan fingerprint density at radius 1 is 1.15 bits per heavy atom. The zero-order valence-corrected chi connectivity index (χ0v) is 18.9. The van der Waals surface area contributed by atoms with Gasteiger partial charge in [0.05, 0.1) is 35.5 Å². The Morgan fingerprint density at radius 3 is 2.67 bits per heavy atom. The Hall–Kier alpha value is -3.27. The van der Waals surface area contributed by atoms with Gasteiger partial charge in [-0.25, -0.2) is 4.98 Å². The maximum absolute atomic E-state index is 12.5. The quantitative estimate of drug-likeness (QED) is 0.519. The van der Waals surface area contributed by atoms with E-state index in [-0.39, 0.29) is 24.0 Å². The second kappa shape index (κ2) is 9.30. The molecule has 0 bridgehead atoms. The predicted octanol–water partition coefficient (Wildman–Crippen LogP) is 3.12. The van der Waals surface area contributed by atoms with Crippen molar-refractivity contribution in [2.24, 2.45) is 0 Å². The SMILES string of the molecule is N=C1C(c2nc3ccccc3s2)=C(O)CN1c1ccc(C(=O)NCCN2CCOCC2)cc1. The molecule has 0 spiro atoms. The Morgan fingerprint density at radius 2 is 1.91 bits per heavy atom. The highest BCUT2D eigenvalue weighted by atomic mass is 32.1. The lowest BCUT2D eigenvalue weighted by molar-refractivity contribution is 0.0383. The number of aromatic nitrogens is 1. The summed E-state index contributed by atoms with van der Waals surface area (Å²) >= 11 is 1.46. The van der Waals surface area contributed by atoms with E-state index in [1.807, 2.05) is 24.3 Å². The van der Waals surface area contributed by atoms with Crippen molar-refractivity contribution in [3.63, 3.8) is 0 Å². The van der Waals surface area contributed by atoms with Gasteiger partial charge in [0.15, 0.2) is 0 Å². The number of aliphatic hydroxyl groups is 1. The molecule has 5 rings (SSSR count). The molecule has 1 amide bonds. The number of amidine groups is 1. The number of aliphatic hydroxyl groups excluding tert-OH is 1. The number of fused-ring (bicyclic) bond motifs is 1. The van der Waals surface area contributed by atoms with Gasteiger partial charge in [0, 0.05) is 37.4 Å². The van der Waals surface area contributed by atoms with Crippen molar-refractivity contribution in [3.05, 3.63) is 64.9 Å². The average Bonchev–Trinajstić information content (AvgIpc) is 3.39. The molecular weight excluding hydrogens is 438 g/mol. The van der Waals surface area contributed by atoms with Crippen LogP contribution in [-0.4, -0.2) is 72.7 Å². The fourth-order valence-corrected chi connectivity index (χ4v) is 5.08. The number of anilines is 1. The summed E-state index contributed by atoms with van der Waals surface area (Å²) in [6.07, 6.45) is 0. The number of rotatable bonds is 6. The van der Waals surface area contributed by atoms with Gasteiger partial charge in [-0.2, -0.15) is 0 Å². The number of carbonyl (C=O) groups excluding carboxylic acids is 1. The number of hydrogen-bond donors (Lipinski definition) is 3. The van der Waals surface area contributed by atoms with Crippen LogP contribution in [0.2, 0.25) is 0 Å². The number of amides is 1. The summed E-state index contributed by atoms with van der Waals surface area (Å²) in [5.41, 5.74) is 2.62. The van der Waals surface area contributed by atoms with Crippen LogP contribution >= 0.6 is 11.3 Å². The van der Waals surface area contributed by atoms with Crippen LogP contribution in [0.4, 0.5) is 5.69 Å². The lowest BCUT2D eigenvalue weighted by Gasteiger charge is -2.26. The highest BCUT2D eigenvalue weighted by Crippen LogP contribution is 2.35. The molecule has 2 aliphatic rings. The first-order valence-corrected chi connectivity index (χ1v) is 11.7. The number of ether oxygens (including phenoxy) is 1. The summed E-state index contributed by atoms with van der Waals surface area (Å²) in [6.45, 7) is 4.87. The molecule has 0 aliphatic carbocycles. The molecule has 0 atom stereocenters. The minimum absolute atomic E-state index is 0.123. The van der Waals surface area contributed by atoms with E-state index < -0.39 is 0 Å². The van der Waals surface area contributed by atoms with Gasteiger partial charge in [-0.15, -0.1) is 11.3 Å². The summed E-state index contributed by atoms with van der Waals surface area (Å²) in [5, 5.41) is 22.9. The predicted molar refractivity (Wildman–Crippen MR) is 130 cm³/mol. The van der Waals surface area contributed by atoms with E-state index in [2.05, 4.69) is 15.2 Å². The van der Waals surface area contributed by atoms with Crippen molar-refractivity contribution in [1.29, 1.82) is 5.41 Å². The lowest BCUT2D eigenvalue weighted by Crippen LogP contribution is -2.41. The molecule has 3 N–H and O–H groups in total. The summed E-state index contributed by atoms with van der Waals surface area (Å²) in [7, 11) is 0. The molecule has 1 saturated heterocycles. The second-order valence-corrected chi connectivity index (χ2v) is 9.03. The van der Waals surface area contributed by atoms with Crippen molar-refractivity contribution in [2.45, 2.75) is 0 Å². The van der Waals surface area contributed by atoms with E-state index in [0.29, 0.717) is 22.7 Å². The molecule has 0 radical (unpaired) electrons. The Bertz CT molecular complexity index is 1180. The first-order valence-electron chi connectivity index (χ1n) is 10.9. The number of nitrogens with one attached hydrogen (secondary N) is 2. The van der Waals surface area contributed by atoms with Crippen molar-refractivity contribution < 1.29 is 14.6 Å². The van der Waals surface area contributed by atoms with Crippen LogP contribution in [0.3, 0.4) is 0 Å². The van der Waals surface area contributed by atoms with Crippen LogP contribution in [0.15, 0.2) is 54.3 Å². The Kier molecular flexibility index (Phi) is 6.08. The topological polar surface area (TPSA) is 102 Å². The summed E-state index contributed by atoms with van der Waals surface area (Å²) in [6, 6.07) is 14.9. The van der Waals surface area contributed by atoms with Crippen LogP contribution < -0.4 is 10.2 Å². The maximum atomic E-state index is 12.5. The normalized spacial score (nSPS) is 17.2. The van der Waals surface area contributed by atoms with Crippen LogP contribution in [0.1, 0.15) is 15.4 Å². The van der Waals surface area contributed by atoms with E-state index in [4.69, 9.17) is 10.1 Å². The molecule has 1 aromatic heterocycles. The van der Waals surface area contributed by atoms with Gasteiger partial charge in [-0.1, -0.05) is 12.1 Å². The molecule has 3 heterocycles. The number of benzene rings is 2. The summed E-state index contributed by atoms with van der Waals surface area (Å²) < 4.78 is 6.36. The van der Waals surface area contributed by atoms with Gasteiger partial charge in [0.1, 0.15) is 16.6 Å². The molecule has 9 heteroatoms. The molecule has 8 nitrogen and oxygen atoms in total. The Labute approximate surface area is 195 Å². The molecule has 170 valence electrons. The molecule has 1 fully saturated rings. The van der Waals surface area contributed by atoms with Crippen LogP contribution in [0.25, 0.3) is 15.8 Å². The molecule has 33 heavy (non-hydrogen) atoms. The maximum Gasteiger partial charge on any atom is 0.251 e. The number of thiazole rings is 1. The van der Waals surface area contributed by atoms with E-state index in [1.54, 1.807) is 29.2 Å². The lowest BCUT2D eigenvalue weighted by atomic mass is 10.1. The Balaban J connectivity index is 1.23. The molecule has 3 aromatic rings. The van der Waals surface area contributed by atoms with E-state index in [1.165, 1.54) is 11.3 Å². The standard InChI is InChI=1S/C24H25N5O3S/c25-22-21(24-27-18-3-1-2-4-20(18)33-24)19(30)15-29(22)17-7-5-16(6-8-17)23(31)26-9-10-28-11-13-32-14-12-28/h1-8,25,30H,9-15H2,(H,26,31). The van der Waals surface area contributed by atoms with Gasteiger partial charge >= 0.3 is 0 Å². The third-order valence-corrected chi connectivity index (χ3v) is 6.92. The van der Waals surface area contributed by atoms with E-state index in [9.17, 15) is 9.90 Å². The van der Waals surface area contributed by atoms with Crippen molar-refractivity contribution in [2.75, 3.05) is 50.8 Å². The smallest absolute Gasteiger partial charge is 0.251 e. The fourth-order valence-electron chi connectivity index (χ4n) is 4.05. The van der Waals surface area contributed by atoms with Crippen LogP contribution in [0.5, 0.6) is 0 Å². The number of hydrogen-bond acceptors (Lipinski definition) is 7. The number of carbonyl (C=O) groups is 1. The summed E-state index contributed by atoms with van der Waals surface area (Å²) in [5.74, 6) is 0.209. The molecule has 2 aromatic carbocycles. The van der Waals surface area contributed by atoms with Gasteiger partial charge in [0.2, 0.25) is 0 Å². The monoisotopic (exact) mass is 463 g/mol. The highest BCUT2D eigenvalue weighted by molar-refractivity contribution is 7.19. The zero-order chi connectivity index (χ0) is 22.8. The third-order valence-electron chi connectivity index (χ3n) is 5.87. The number of nitrogens with zero attached hydrogens (tertiary/aromatic N) is 3. The van der Waals surface area contributed by atoms with Crippen LogP contribution in [0, 0.1) is 5.41 Å². The second-order valence-electron chi connectivity index (χ2n) is 8.00. The highest BCUT2D eigenvalue weighted by Gasteiger charge is 2.31. The van der Waals surface area contributed by atoms with Gasteiger partial charge in [0.25, 0.3) is 5.91 Å². The molecular formula is C24H25N5O3S. The fraction of sp³-hybridized carbons (Fsp3) is 0.292. The first-order chi connectivity index (χ1) is 16.1. The summed E-state index contributed by atoms with van der Waals surface area (Å²) in [4.78, 5) is 21.1. The van der Waals surface area contributed by atoms with Gasteiger partial charge in [-0.3, -0.25) is 15.1 Å². The van der Waals surface area contributed by atoms with E-state index >= 15 is 0 Å². The molecule has 0 unspecified atom stereocenters. The third kappa shape index (κ3) is 4.47. The van der Waals surface area contributed by atoms with Gasteiger partial charge < -0.3 is 20.1 Å². The van der Waals surface area contributed by atoms with Crippen molar-refractivity contribution in [1.82, 2.24) is 15.2 Å². The first kappa shape index (κ1) is 21.6. The molecule has 0 saturated carbocycles.